The van der Waals surface area contributed by atoms with Gasteiger partial charge in [-0.05, 0) is 51.2 Å². The van der Waals surface area contributed by atoms with E-state index in [4.69, 9.17) is 9.47 Å². The Labute approximate surface area is 133 Å². The predicted octanol–water partition coefficient (Wildman–Crippen LogP) is 3.17. The molecule has 4 atom stereocenters. The Kier molecular flexibility index (Phi) is 7.04. The summed E-state index contributed by atoms with van der Waals surface area (Å²) in [5, 5.41) is 10.3. The standard InChI is InChI=1S/C18H28O4/c1-13-7-6-8-14(2)16(21-5)9-11-18(4,20)12-10-17(19)22-15(13)3/h8-13,15-16,20H,6-7H2,1-5H3/b11-9+,12-10+,14-8+/t13-,15-,16+,18-/m1/s1. The van der Waals surface area contributed by atoms with Crippen LogP contribution in [0, 0.1) is 5.92 Å². The van der Waals surface area contributed by atoms with Gasteiger partial charge in [0.1, 0.15) is 6.10 Å². The van der Waals surface area contributed by atoms with E-state index in [2.05, 4.69) is 13.0 Å². The van der Waals surface area contributed by atoms with Gasteiger partial charge in [-0.3, -0.25) is 0 Å². The molecule has 0 saturated carbocycles. The van der Waals surface area contributed by atoms with Gasteiger partial charge in [0.2, 0.25) is 0 Å². The minimum Gasteiger partial charge on any atom is -0.459 e. The van der Waals surface area contributed by atoms with E-state index in [1.54, 1.807) is 26.2 Å². The summed E-state index contributed by atoms with van der Waals surface area (Å²) in [5.41, 5.74) is -0.123. The molecule has 0 saturated heterocycles. The van der Waals surface area contributed by atoms with Crippen molar-refractivity contribution < 1.29 is 19.4 Å². The number of esters is 1. The first-order valence-corrected chi connectivity index (χ1v) is 7.76. The molecule has 0 bridgehead atoms. The topological polar surface area (TPSA) is 55.8 Å². The zero-order chi connectivity index (χ0) is 16.8. The average Bonchev–Trinajstić information content (AvgIpc) is 2.44. The van der Waals surface area contributed by atoms with Gasteiger partial charge in [-0.25, -0.2) is 4.79 Å². The molecule has 0 aromatic heterocycles. The van der Waals surface area contributed by atoms with Crippen molar-refractivity contribution >= 4 is 5.97 Å². The molecule has 0 unspecified atom stereocenters. The van der Waals surface area contributed by atoms with E-state index in [0.717, 1.165) is 18.4 Å². The van der Waals surface area contributed by atoms with Crippen molar-refractivity contribution in [2.75, 3.05) is 7.11 Å². The van der Waals surface area contributed by atoms with Crippen molar-refractivity contribution in [1.29, 1.82) is 0 Å². The van der Waals surface area contributed by atoms with E-state index in [-0.39, 0.29) is 18.1 Å². The molecule has 0 fully saturated rings. The average molecular weight is 308 g/mol. The highest BCUT2D eigenvalue weighted by atomic mass is 16.5. The van der Waals surface area contributed by atoms with Crippen LogP contribution in [-0.4, -0.2) is 36.0 Å². The normalized spacial score (nSPS) is 40.0. The third kappa shape index (κ3) is 6.16. The van der Waals surface area contributed by atoms with E-state index >= 15 is 0 Å². The van der Waals surface area contributed by atoms with Crippen LogP contribution in [0.25, 0.3) is 0 Å². The molecule has 0 aliphatic carbocycles. The summed E-state index contributed by atoms with van der Waals surface area (Å²) in [6.45, 7) is 7.59. The molecule has 0 amide bonds. The van der Waals surface area contributed by atoms with Crippen LogP contribution in [0.2, 0.25) is 0 Å². The Morgan fingerprint density at radius 3 is 2.68 bits per heavy atom. The van der Waals surface area contributed by atoms with Gasteiger partial charge < -0.3 is 14.6 Å². The molecule has 124 valence electrons. The minimum absolute atomic E-state index is 0.160. The zero-order valence-electron chi connectivity index (χ0n) is 14.2. The summed E-state index contributed by atoms with van der Waals surface area (Å²) in [5.74, 6) is -0.165. The monoisotopic (exact) mass is 308 g/mol. The van der Waals surface area contributed by atoms with Crippen LogP contribution in [0.5, 0.6) is 0 Å². The number of rotatable bonds is 1. The fraction of sp³-hybridized carbons (Fsp3) is 0.611. The number of carbonyl (C=O) groups excluding carboxylic acids is 1. The quantitative estimate of drug-likeness (QED) is 0.597. The number of carbonyl (C=O) groups is 1. The number of hydrogen-bond acceptors (Lipinski definition) is 4. The van der Waals surface area contributed by atoms with Gasteiger partial charge in [-0.1, -0.05) is 25.2 Å². The van der Waals surface area contributed by atoms with E-state index in [0.29, 0.717) is 0 Å². The molecular weight excluding hydrogens is 280 g/mol. The molecule has 4 nitrogen and oxygen atoms in total. The maximum absolute atomic E-state index is 11.8. The van der Waals surface area contributed by atoms with Gasteiger partial charge in [0.25, 0.3) is 0 Å². The molecule has 1 aliphatic heterocycles. The van der Waals surface area contributed by atoms with E-state index in [1.807, 2.05) is 13.8 Å². The van der Waals surface area contributed by atoms with Crippen LogP contribution in [0.1, 0.15) is 40.5 Å². The molecule has 0 aromatic rings. The predicted molar refractivity (Wildman–Crippen MR) is 87.4 cm³/mol. The van der Waals surface area contributed by atoms with Gasteiger partial charge >= 0.3 is 5.97 Å². The molecule has 1 rings (SSSR count). The molecule has 1 aliphatic rings. The molecule has 0 spiro atoms. The van der Waals surface area contributed by atoms with Crippen molar-refractivity contribution in [3.8, 4) is 0 Å². The van der Waals surface area contributed by atoms with Crippen molar-refractivity contribution in [3.05, 3.63) is 36.0 Å². The number of methoxy groups -OCH3 is 1. The molecule has 22 heavy (non-hydrogen) atoms. The molecule has 0 radical (unpaired) electrons. The third-order valence-electron chi connectivity index (χ3n) is 4.06. The fourth-order valence-corrected chi connectivity index (χ4v) is 2.25. The lowest BCUT2D eigenvalue weighted by Crippen LogP contribution is -2.23. The van der Waals surface area contributed by atoms with Crippen molar-refractivity contribution in [1.82, 2.24) is 0 Å². The van der Waals surface area contributed by atoms with Crippen molar-refractivity contribution in [2.24, 2.45) is 5.92 Å². The van der Waals surface area contributed by atoms with Crippen LogP contribution < -0.4 is 0 Å². The smallest absolute Gasteiger partial charge is 0.330 e. The number of hydrogen-bond donors (Lipinski definition) is 1. The Hall–Kier alpha value is -1.39. The summed E-state index contributed by atoms with van der Waals surface area (Å²) in [6.07, 6.45) is 9.78. The lowest BCUT2D eigenvalue weighted by atomic mass is 9.97. The second-order valence-electron chi connectivity index (χ2n) is 6.22. The Morgan fingerprint density at radius 2 is 2.05 bits per heavy atom. The fourth-order valence-electron chi connectivity index (χ4n) is 2.25. The van der Waals surface area contributed by atoms with Gasteiger partial charge in [0.15, 0.2) is 0 Å². The van der Waals surface area contributed by atoms with Gasteiger partial charge in [0.05, 0.1) is 11.7 Å². The second-order valence-corrected chi connectivity index (χ2v) is 6.22. The molecule has 1 heterocycles. The van der Waals surface area contributed by atoms with Gasteiger partial charge in [0, 0.05) is 13.2 Å². The summed E-state index contributed by atoms with van der Waals surface area (Å²) < 4.78 is 10.8. The maximum Gasteiger partial charge on any atom is 0.330 e. The lowest BCUT2D eigenvalue weighted by molar-refractivity contribution is -0.144. The summed E-state index contributed by atoms with van der Waals surface area (Å²) in [4.78, 5) is 11.8. The van der Waals surface area contributed by atoms with Crippen molar-refractivity contribution in [2.45, 2.75) is 58.3 Å². The Morgan fingerprint density at radius 1 is 1.36 bits per heavy atom. The highest BCUT2D eigenvalue weighted by Gasteiger charge is 2.18. The van der Waals surface area contributed by atoms with Gasteiger partial charge in [-0.2, -0.15) is 0 Å². The van der Waals surface area contributed by atoms with Crippen LogP contribution in [0.3, 0.4) is 0 Å². The zero-order valence-corrected chi connectivity index (χ0v) is 14.2. The molecule has 0 aromatic carbocycles. The number of allylic oxidation sites excluding steroid dienone is 1. The Bertz CT molecular complexity index is 460. The van der Waals surface area contributed by atoms with Crippen LogP contribution in [0.15, 0.2) is 36.0 Å². The first-order valence-electron chi connectivity index (χ1n) is 7.76. The third-order valence-corrected chi connectivity index (χ3v) is 4.06. The molecule has 4 heteroatoms. The number of aliphatic hydroxyl groups is 1. The lowest BCUT2D eigenvalue weighted by Gasteiger charge is -2.21. The van der Waals surface area contributed by atoms with Crippen LogP contribution in [0.4, 0.5) is 0 Å². The van der Waals surface area contributed by atoms with Crippen LogP contribution in [-0.2, 0) is 14.3 Å². The first-order chi connectivity index (χ1) is 10.2. The summed E-state index contributed by atoms with van der Waals surface area (Å²) >= 11 is 0. The second kappa shape index (κ2) is 8.30. The van der Waals surface area contributed by atoms with E-state index in [1.165, 1.54) is 12.2 Å². The highest BCUT2D eigenvalue weighted by molar-refractivity contribution is 5.82. The molecule has 1 N–H and O–H groups in total. The summed E-state index contributed by atoms with van der Waals surface area (Å²) in [6, 6.07) is 0. The molecular formula is C18H28O4. The number of ether oxygens (including phenoxy) is 2. The van der Waals surface area contributed by atoms with E-state index < -0.39 is 11.6 Å². The van der Waals surface area contributed by atoms with E-state index in [9.17, 15) is 9.90 Å². The SMILES string of the molecule is CO[C@H]1/C=C/[C@@](C)(O)/C=C/C(=O)O[C@H](C)[C@H](C)CC/C=C/1C. The highest BCUT2D eigenvalue weighted by Crippen LogP contribution is 2.19. The largest absolute Gasteiger partial charge is 0.459 e. The maximum atomic E-state index is 11.8. The van der Waals surface area contributed by atoms with Crippen molar-refractivity contribution in [3.63, 3.8) is 0 Å². The summed E-state index contributed by atoms with van der Waals surface area (Å²) in [7, 11) is 1.64. The first kappa shape index (κ1) is 18.7. The minimum atomic E-state index is -1.23. The van der Waals surface area contributed by atoms with Gasteiger partial charge in [-0.15, -0.1) is 0 Å². The Balaban J connectivity index is 3.04. The van der Waals surface area contributed by atoms with Crippen LogP contribution >= 0.6 is 0 Å². The number of cyclic esters (lactones) is 1.